The number of benzene rings is 2. The van der Waals surface area contributed by atoms with Crippen LogP contribution in [-0.2, 0) is 11.4 Å². The van der Waals surface area contributed by atoms with Gasteiger partial charge in [0.05, 0.1) is 12.0 Å². The molecule has 0 fully saturated rings. The van der Waals surface area contributed by atoms with Crippen LogP contribution in [0.3, 0.4) is 0 Å². The second-order valence-electron chi connectivity index (χ2n) is 6.37. The Labute approximate surface area is 156 Å². The van der Waals surface area contributed by atoms with Gasteiger partial charge in [-0.1, -0.05) is 29.8 Å². The zero-order valence-corrected chi connectivity index (χ0v) is 15.2. The molecule has 3 aromatic rings. The van der Waals surface area contributed by atoms with E-state index in [0.717, 1.165) is 5.56 Å². The van der Waals surface area contributed by atoms with Crippen molar-refractivity contribution in [3.05, 3.63) is 64.9 Å². The quantitative estimate of drug-likeness (QED) is 0.662. The molecule has 0 saturated carbocycles. The van der Waals surface area contributed by atoms with Gasteiger partial charge in [0.25, 0.3) is 5.91 Å². The Hall–Kier alpha value is -3.28. The third-order valence-corrected chi connectivity index (χ3v) is 4.21. The molecule has 6 nitrogen and oxygen atoms in total. The van der Waals surface area contributed by atoms with Crippen LogP contribution in [0.25, 0.3) is 11.0 Å². The number of carboxylic acid groups (broad SMARTS) is 1. The highest BCUT2D eigenvalue weighted by Gasteiger charge is 2.18. The number of rotatable bonds is 7. The summed E-state index contributed by atoms with van der Waals surface area (Å²) >= 11 is 0. The maximum Gasteiger partial charge on any atom is 0.305 e. The molecule has 0 bridgehead atoms. The van der Waals surface area contributed by atoms with Gasteiger partial charge in [0.2, 0.25) is 0 Å². The normalized spacial score (nSPS) is 10.7. The van der Waals surface area contributed by atoms with E-state index in [2.05, 4.69) is 5.32 Å². The Morgan fingerprint density at radius 3 is 2.56 bits per heavy atom. The van der Waals surface area contributed by atoms with Crippen LogP contribution >= 0.6 is 0 Å². The summed E-state index contributed by atoms with van der Waals surface area (Å²) in [5, 5.41) is 12.0. The van der Waals surface area contributed by atoms with Gasteiger partial charge in [0, 0.05) is 11.9 Å². The van der Waals surface area contributed by atoms with Crippen molar-refractivity contribution in [2.45, 2.75) is 26.9 Å². The summed E-state index contributed by atoms with van der Waals surface area (Å²) < 4.78 is 11.5. The highest BCUT2D eigenvalue weighted by molar-refractivity contribution is 6.07. The molecule has 0 aliphatic heterocycles. The molecule has 0 saturated heterocycles. The number of carbonyl (C=O) groups is 2. The Bertz CT molecular complexity index is 972. The van der Waals surface area contributed by atoms with Crippen LogP contribution in [0, 0.1) is 13.8 Å². The van der Waals surface area contributed by atoms with Crippen LogP contribution in [0.2, 0.25) is 0 Å². The van der Waals surface area contributed by atoms with E-state index in [9.17, 15) is 9.59 Å². The fourth-order valence-electron chi connectivity index (χ4n) is 2.79. The van der Waals surface area contributed by atoms with E-state index in [1.165, 1.54) is 5.56 Å². The molecule has 3 rings (SSSR count). The molecular formula is C21H21NO5. The lowest BCUT2D eigenvalue weighted by molar-refractivity contribution is -0.136. The fourth-order valence-corrected chi connectivity index (χ4v) is 2.79. The molecule has 0 spiro atoms. The van der Waals surface area contributed by atoms with Gasteiger partial charge in [-0.3, -0.25) is 9.59 Å². The molecular weight excluding hydrogens is 346 g/mol. The highest BCUT2D eigenvalue weighted by atomic mass is 16.5. The third kappa shape index (κ3) is 4.47. The fraction of sp³-hybridized carbons (Fsp3) is 0.238. The first-order valence-corrected chi connectivity index (χ1v) is 8.65. The molecule has 27 heavy (non-hydrogen) atoms. The number of furan rings is 1. The molecule has 1 amide bonds. The molecule has 2 aromatic carbocycles. The molecule has 2 N–H and O–H groups in total. The lowest BCUT2D eigenvalue weighted by atomic mass is 10.1. The molecule has 0 atom stereocenters. The zero-order valence-electron chi connectivity index (χ0n) is 15.2. The Kier molecular flexibility index (Phi) is 5.45. The molecule has 0 aliphatic carbocycles. The summed E-state index contributed by atoms with van der Waals surface area (Å²) in [6.07, 6.45) is -0.133. The first-order valence-electron chi connectivity index (χ1n) is 8.65. The number of aryl methyl sites for hydroxylation is 2. The first kappa shape index (κ1) is 18.5. The Balaban J connectivity index is 1.78. The first-order chi connectivity index (χ1) is 12.9. The van der Waals surface area contributed by atoms with Crippen molar-refractivity contribution >= 4 is 22.8 Å². The van der Waals surface area contributed by atoms with E-state index >= 15 is 0 Å². The number of carboxylic acids is 1. The summed E-state index contributed by atoms with van der Waals surface area (Å²) in [5.41, 5.74) is 3.22. The van der Waals surface area contributed by atoms with E-state index in [4.69, 9.17) is 14.3 Å². The second kappa shape index (κ2) is 7.95. The molecule has 0 aliphatic rings. The van der Waals surface area contributed by atoms with E-state index in [0.29, 0.717) is 34.6 Å². The van der Waals surface area contributed by atoms with Gasteiger partial charge >= 0.3 is 5.97 Å². The average molecular weight is 367 g/mol. The number of carbonyl (C=O) groups excluding carboxylic acids is 1. The van der Waals surface area contributed by atoms with Gasteiger partial charge in [0.15, 0.2) is 0 Å². The van der Waals surface area contributed by atoms with Crippen molar-refractivity contribution in [1.82, 2.24) is 5.32 Å². The van der Waals surface area contributed by atoms with E-state index in [1.807, 2.05) is 31.2 Å². The number of ether oxygens (including phenoxy) is 1. The second-order valence-corrected chi connectivity index (χ2v) is 6.37. The number of amides is 1. The standard InChI is InChI=1S/C21H21NO5/c1-13-3-5-15(6-4-13)12-26-16-7-8-18-17(11-16)20(14(2)27-18)21(25)22-10-9-19(23)24/h3-8,11H,9-10,12H2,1-2H3,(H,22,25)(H,23,24). The van der Waals surface area contributed by atoms with Crippen LogP contribution in [0.5, 0.6) is 5.75 Å². The predicted molar refractivity (Wildman–Crippen MR) is 101 cm³/mol. The lowest BCUT2D eigenvalue weighted by Crippen LogP contribution is -2.26. The van der Waals surface area contributed by atoms with Crippen LogP contribution in [0.1, 0.15) is 33.7 Å². The number of nitrogens with one attached hydrogen (secondary N) is 1. The zero-order chi connectivity index (χ0) is 19.4. The van der Waals surface area contributed by atoms with Gasteiger partial charge in [-0.2, -0.15) is 0 Å². The van der Waals surface area contributed by atoms with Crippen molar-refractivity contribution in [2.24, 2.45) is 0 Å². The topological polar surface area (TPSA) is 88.8 Å². The molecule has 140 valence electrons. The number of aliphatic carboxylic acids is 1. The summed E-state index contributed by atoms with van der Waals surface area (Å²) in [5.74, 6) is -0.212. The number of hydrogen-bond acceptors (Lipinski definition) is 4. The SMILES string of the molecule is Cc1ccc(COc2ccc3oc(C)c(C(=O)NCCC(=O)O)c3c2)cc1. The van der Waals surface area contributed by atoms with Crippen LogP contribution < -0.4 is 10.1 Å². The van der Waals surface area contributed by atoms with Gasteiger partial charge in [-0.25, -0.2) is 0 Å². The van der Waals surface area contributed by atoms with Gasteiger partial charge in [0.1, 0.15) is 23.7 Å². The summed E-state index contributed by atoms with van der Waals surface area (Å²) in [6, 6.07) is 13.4. The van der Waals surface area contributed by atoms with E-state index < -0.39 is 5.97 Å². The third-order valence-electron chi connectivity index (χ3n) is 4.21. The average Bonchev–Trinajstić information content (AvgIpc) is 2.96. The van der Waals surface area contributed by atoms with Crippen LogP contribution in [-0.4, -0.2) is 23.5 Å². The van der Waals surface area contributed by atoms with Gasteiger partial charge in [-0.05, 0) is 37.6 Å². The van der Waals surface area contributed by atoms with Crippen LogP contribution in [0.4, 0.5) is 0 Å². The summed E-state index contributed by atoms with van der Waals surface area (Å²) in [7, 11) is 0. The molecule has 1 heterocycles. The maximum absolute atomic E-state index is 12.4. The molecule has 1 aromatic heterocycles. The minimum Gasteiger partial charge on any atom is -0.489 e. The molecule has 0 unspecified atom stereocenters. The Morgan fingerprint density at radius 2 is 1.85 bits per heavy atom. The van der Waals surface area contributed by atoms with E-state index in [-0.39, 0.29) is 18.9 Å². The minimum atomic E-state index is -0.962. The van der Waals surface area contributed by atoms with E-state index in [1.54, 1.807) is 25.1 Å². The van der Waals surface area contributed by atoms with Crippen molar-refractivity contribution in [3.8, 4) is 5.75 Å². The monoisotopic (exact) mass is 367 g/mol. The minimum absolute atomic E-state index is 0.0594. The number of hydrogen-bond donors (Lipinski definition) is 2. The highest BCUT2D eigenvalue weighted by Crippen LogP contribution is 2.29. The number of fused-ring (bicyclic) bond motifs is 1. The van der Waals surface area contributed by atoms with Crippen molar-refractivity contribution in [1.29, 1.82) is 0 Å². The van der Waals surface area contributed by atoms with Gasteiger partial charge < -0.3 is 19.6 Å². The summed E-state index contributed by atoms with van der Waals surface area (Å²) in [6.45, 7) is 4.22. The Morgan fingerprint density at radius 1 is 1.11 bits per heavy atom. The summed E-state index contributed by atoms with van der Waals surface area (Å²) in [4.78, 5) is 23.1. The smallest absolute Gasteiger partial charge is 0.305 e. The van der Waals surface area contributed by atoms with Crippen molar-refractivity contribution < 1.29 is 23.8 Å². The van der Waals surface area contributed by atoms with Gasteiger partial charge in [-0.15, -0.1) is 0 Å². The maximum atomic E-state index is 12.4. The largest absolute Gasteiger partial charge is 0.489 e. The molecule has 6 heteroatoms. The van der Waals surface area contributed by atoms with Crippen molar-refractivity contribution in [3.63, 3.8) is 0 Å². The van der Waals surface area contributed by atoms with Crippen molar-refractivity contribution in [2.75, 3.05) is 6.54 Å². The lowest BCUT2D eigenvalue weighted by Gasteiger charge is -2.07. The predicted octanol–water partition coefficient (Wildman–Crippen LogP) is 3.83. The molecule has 0 radical (unpaired) electrons. The van der Waals surface area contributed by atoms with Crippen LogP contribution in [0.15, 0.2) is 46.9 Å².